The van der Waals surface area contributed by atoms with E-state index in [4.69, 9.17) is 0 Å². The maximum atomic E-state index is 2.51. The van der Waals surface area contributed by atoms with Crippen LogP contribution in [0.5, 0.6) is 0 Å². The van der Waals surface area contributed by atoms with Crippen LogP contribution in [0.3, 0.4) is 0 Å². The number of hydrogen-bond acceptors (Lipinski definition) is 0. The molecule has 52 heavy (non-hydrogen) atoms. The van der Waals surface area contributed by atoms with Crippen LogP contribution in [-0.2, 0) is 0 Å². The van der Waals surface area contributed by atoms with Crippen molar-refractivity contribution in [3.8, 4) is 11.4 Å². The minimum atomic E-state index is -3.87. The minimum absolute atomic E-state index is 1.17. The number of hydrogen-bond donors (Lipinski definition) is 0. The number of aromatic nitrogens is 2. The molecule has 10 aromatic rings. The van der Waals surface area contributed by atoms with Crippen molar-refractivity contribution in [2.24, 2.45) is 0 Å². The van der Waals surface area contributed by atoms with E-state index < -0.39 is 18.4 Å². The first-order valence-electron chi connectivity index (χ1n) is 18.0. The summed E-state index contributed by atoms with van der Waals surface area (Å²) in [5.74, 6) is 0. The van der Waals surface area contributed by atoms with Crippen molar-refractivity contribution < 1.29 is 0 Å². The Hall–Kier alpha value is -5.84. The van der Waals surface area contributed by atoms with Crippen LogP contribution in [0.1, 0.15) is 5.56 Å². The molecule has 0 aliphatic heterocycles. The molecule has 0 amide bonds. The van der Waals surface area contributed by atoms with Gasteiger partial charge in [0.2, 0.25) is 0 Å². The third-order valence-electron chi connectivity index (χ3n) is 11.1. The molecule has 0 saturated heterocycles. The van der Waals surface area contributed by atoms with E-state index in [0.717, 1.165) is 0 Å². The van der Waals surface area contributed by atoms with Crippen molar-refractivity contribution >= 4 is 76.3 Å². The molecular formula is C49H36N2Sn. The Morgan fingerprint density at radius 1 is 0.346 bits per heavy atom. The van der Waals surface area contributed by atoms with Gasteiger partial charge >= 0.3 is 297 Å². The molecule has 0 fully saturated rings. The molecule has 0 aliphatic carbocycles. The zero-order valence-electron chi connectivity index (χ0n) is 28.9. The molecule has 0 radical (unpaired) electrons. The predicted molar refractivity (Wildman–Crippen MR) is 223 cm³/mol. The number of rotatable bonds is 6. The summed E-state index contributed by atoms with van der Waals surface area (Å²) in [6.07, 6.45) is 0. The van der Waals surface area contributed by atoms with Gasteiger partial charge in [0.05, 0.1) is 0 Å². The molecule has 246 valence electrons. The monoisotopic (exact) mass is 772 g/mol. The van der Waals surface area contributed by atoms with Gasteiger partial charge in [-0.2, -0.15) is 0 Å². The van der Waals surface area contributed by atoms with Crippen LogP contribution >= 0.6 is 0 Å². The molecule has 2 nitrogen and oxygen atoms in total. The third-order valence-corrected chi connectivity index (χ3v) is 25.2. The van der Waals surface area contributed by atoms with Gasteiger partial charge < -0.3 is 0 Å². The molecular weight excluding hydrogens is 735 g/mol. The molecule has 0 bridgehead atoms. The van der Waals surface area contributed by atoms with E-state index in [9.17, 15) is 0 Å². The van der Waals surface area contributed by atoms with Crippen molar-refractivity contribution in [2.45, 2.75) is 6.92 Å². The molecule has 0 N–H and O–H groups in total. The van der Waals surface area contributed by atoms with E-state index in [2.05, 4.69) is 216 Å². The first kappa shape index (κ1) is 30.9. The van der Waals surface area contributed by atoms with E-state index in [0.29, 0.717) is 0 Å². The van der Waals surface area contributed by atoms with Gasteiger partial charge in [0, 0.05) is 0 Å². The molecule has 0 spiro atoms. The standard InChI is InChI=1S/C31H21N2.3C6H5.Sn/c1-21-10-2-6-14-27(21)33-30-17-9-5-13-25(30)26-20-22(18-19-31(26)33)32-28-15-7-3-11-23(28)24-12-4-8-16-29(24)32;3*1-2-4-6-5-3-1;/h2-9,11-20H,1H3;3*1-5H;. The first-order valence-corrected chi connectivity index (χ1v) is 23.7. The zero-order chi connectivity index (χ0) is 34.6. The van der Waals surface area contributed by atoms with Gasteiger partial charge in [0.1, 0.15) is 0 Å². The first-order chi connectivity index (χ1) is 25.7. The fraction of sp³-hybridized carbons (Fsp3) is 0.0204. The second kappa shape index (κ2) is 12.4. The summed E-state index contributed by atoms with van der Waals surface area (Å²) in [6.45, 7) is 2.36. The van der Waals surface area contributed by atoms with E-state index in [1.54, 1.807) is 0 Å². The molecule has 0 aliphatic rings. The molecule has 2 aromatic heterocycles. The van der Waals surface area contributed by atoms with E-state index in [-0.39, 0.29) is 0 Å². The molecule has 0 unspecified atom stereocenters. The summed E-state index contributed by atoms with van der Waals surface area (Å²) >= 11 is -3.87. The van der Waals surface area contributed by atoms with Crippen molar-refractivity contribution in [2.75, 3.05) is 0 Å². The zero-order valence-corrected chi connectivity index (χ0v) is 31.8. The molecule has 2 heterocycles. The summed E-state index contributed by atoms with van der Waals surface area (Å²) in [7, 11) is 0. The van der Waals surface area contributed by atoms with Gasteiger partial charge in [0.15, 0.2) is 0 Å². The van der Waals surface area contributed by atoms with Gasteiger partial charge in [-0.25, -0.2) is 0 Å². The average molecular weight is 772 g/mol. The van der Waals surface area contributed by atoms with Crippen LogP contribution in [0.4, 0.5) is 0 Å². The SMILES string of the molecule is Cc1c(-n2c3ccccc3c3cc(-n4c5ccccc5c5ccccc54)ccc32)ccc[c]1[Sn]([c]1ccccc1)([c]1ccccc1)[c]1ccccc1. The predicted octanol–water partition coefficient (Wildman–Crippen LogP) is 9.57. The van der Waals surface area contributed by atoms with Crippen LogP contribution in [0.2, 0.25) is 0 Å². The second-order valence-electron chi connectivity index (χ2n) is 13.7. The van der Waals surface area contributed by atoms with Crippen molar-refractivity contribution in [1.29, 1.82) is 0 Å². The molecule has 8 aromatic carbocycles. The van der Waals surface area contributed by atoms with Gasteiger partial charge in [-0.15, -0.1) is 0 Å². The Labute approximate surface area is 307 Å². The van der Waals surface area contributed by atoms with Crippen molar-refractivity contribution in [3.05, 3.63) is 206 Å². The number of benzene rings is 8. The summed E-state index contributed by atoms with van der Waals surface area (Å²) in [4.78, 5) is 0. The summed E-state index contributed by atoms with van der Waals surface area (Å²) in [5.41, 5.74) is 8.62. The Bertz CT molecular complexity index is 2750. The van der Waals surface area contributed by atoms with Crippen LogP contribution in [0.15, 0.2) is 200 Å². The fourth-order valence-electron chi connectivity index (χ4n) is 8.86. The van der Waals surface area contributed by atoms with Crippen LogP contribution < -0.4 is 14.3 Å². The quantitative estimate of drug-likeness (QED) is 0.149. The molecule has 0 atom stereocenters. The Balaban J connectivity index is 1.26. The van der Waals surface area contributed by atoms with E-state index in [1.165, 1.54) is 74.9 Å². The Morgan fingerprint density at radius 2 is 0.769 bits per heavy atom. The fourth-order valence-corrected chi connectivity index (χ4v) is 23.3. The molecule has 0 saturated carbocycles. The Morgan fingerprint density at radius 3 is 1.29 bits per heavy atom. The van der Waals surface area contributed by atoms with E-state index in [1.807, 2.05) is 0 Å². The van der Waals surface area contributed by atoms with Crippen molar-refractivity contribution in [3.63, 3.8) is 0 Å². The third kappa shape index (κ3) is 4.57. The van der Waals surface area contributed by atoms with Gasteiger partial charge in [-0.05, 0) is 0 Å². The number of fused-ring (bicyclic) bond motifs is 6. The molecule has 3 heteroatoms. The molecule has 10 rings (SSSR count). The topological polar surface area (TPSA) is 9.86 Å². The van der Waals surface area contributed by atoms with Crippen LogP contribution in [-0.4, -0.2) is 27.5 Å². The van der Waals surface area contributed by atoms with Crippen LogP contribution in [0.25, 0.3) is 55.0 Å². The number of nitrogens with zero attached hydrogens (tertiary/aromatic N) is 2. The normalized spacial score (nSPS) is 11.9. The van der Waals surface area contributed by atoms with E-state index >= 15 is 0 Å². The van der Waals surface area contributed by atoms with Gasteiger partial charge in [-0.3, -0.25) is 0 Å². The second-order valence-corrected chi connectivity index (χ2v) is 24.5. The maximum absolute atomic E-state index is 3.87. The summed E-state index contributed by atoms with van der Waals surface area (Å²) < 4.78 is 10.8. The Kier molecular flexibility index (Phi) is 7.40. The van der Waals surface area contributed by atoms with Gasteiger partial charge in [0.25, 0.3) is 0 Å². The summed E-state index contributed by atoms with van der Waals surface area (Å²) in [6, 6.07) is 74.5. The summed E-state index contributed by atoms with van der Waals surface area (Å²) in [5, 5.41) is 5.06. The van der Waals surface area contributed by atoms with Crippen LogP contribution in [0, 0.1) is 6.92 Å². The number of para-hydroxylation sites is 3. The average Bonchev–Trinajstić information content (AvgIpc) is 3.73. The van der Waals surface area contributed by atoms with Crippen molar-refractivity contribution in [1.82, 2.24) is 9.13 Å². The van der Waals surface area contributed by atoms with Gasteiger partial charge in [-0.1, -0.05) is 12.1 Å².